The highest BCUT2D eigenvalue weighted by atomic mass is 16.2. The number of ketones is 2. The molecule has 6 rings (SSSR count). The summed E-state index contributed by atoms with van der Waals surface area (Å²) < 4.78 is 0. The lowest BCUT2D eigenvalue weighted by Gasteiger charge is -2.18. The lowest BCUT2D eigenvalue weighted by Crippen LogP contribution is -2.42. The SMILES string of the molecule is CC(C)[C@H](N)C(=O)CCN(N)C(=O)c1cc2ccc(NC(=O)c3ccc4[nH]c(C(=O)Nc5ccc6cc(C(=O)N(N)CCC(=O)[C@@H](N)C(C)C)[nH]c6c5)cc4c3)cc2[nH]1. The maximum Gasteiger partial charge on any atom is 0.284 e. The number of H-pyrrole nitrogens is 3. The van der Waals surface area contributed by atoms with E-state index in [1.165, 1.54) is 0 Å². The molecule has 0 saturated heterocycles. The molecule has 0 spiro atoms. The average molecular weight is 804 g/mol. The first kappa shape index (κ1) is 42.0. The van der Waals surface area contributed by atoms with Crippen LogP contribution in [-0.4, -0.2) is 85.3 Å². The van der Waals surface area contributed by atoms with Crippen LogP contribution in [-0.2, 0) is 9.59 Å². The van der Waals surface area contributed by atoms with E-state index in [1.807, 2.05) is 27.7 Å². The second-order valence-corrected chi connectivity index (χ2v) is 15.3. The van der Waals surface area contributed by atoms with Crippen molar-refractivity contribution in [3.05, 3.63) is 95.4 Å². The Hall–Kier alpha value is -6.66. The number of amides is 4. The molecule has 0 aliphatic carbocycles. The highest BCUT2D eigenvalue weighted by Crippen LogP contribution is 2.25. The van der Waals surface area contributed by atoms with Crippen LogP contribution in [0.25, 0.3) is 32.7 Å². The molecule has 308 valence electrons. The third-order valence-electron chi connectivity index (χ3n) is 10.2. The van der Waals surface area contributed by atoms with Crippen molar-refractivity contribution in [3.63, 3.8) is 0 Å². The minimum atomic E-state index is -0.624. The highest BCUT2D eigenvalue weighted by molar-refractivity contribution is 6.10. The smallest absolute Gasteiger partial charge is 0.284 e. The van der Waals surface area contributed by atoms with Gasteiger partial charge in [-0.25, -0.2) is 11.7 Å². The van der Waals surface area contributed by atoms with Crippen LogP contribution in [0.2, 0.25) is 0 Å². The van der Waals surface area contributed by atoms with E-state index >= 15 is 0 Å². The number of benzene rings is 3. The van der Waals surface area contributed by atoms with Crippen LogP contribution < -0.4 is 33.8 Å². The average Bonchev–Trinajstić information content (AvgIpc) is 3.96. The normalized spacial score (nSPS) is 12.6. The first-order valence-electron chi connectivity index (χ1n) is 19.2. The molecule has 3 aromatic carbocycles. The number of aromatic nitrogens is 3. The van der Waals surface area contributed by atoms with Gasteiger partial charge >= 0.3 is 0 Å². The number of carbonyl (C=O) groups is 6. The standard InChI is InChI=1S/C42H49N11O6/c1-21(2)37(43)35(54)11-13-52(45)41(58)33-16-23-5-8-27(19-30(23)50-33)47-39(56)25-7-10-29-26(15-25)18-32(49-29)40(57)48-28-9-6-24-17-34(51-31(24)20-28)42(59)53(46)14-12-36(55)38(44)22(3)4/h5-10,15-22,37-38,49-51H,11-14,43-46H2,1-4H3,(H,47,56)(H,48,57)/t37-,38-/m0/s1. The maximum absolute atomic E-state index is 13.3. The van der Waals surface area contributed by atoms with E-state index < -0.39 is 35.7 Å². The van der Waals surface area contributed by atoms with Gasteiger partial charge in [-0.15, -0.1) is 0 Å². The number of hydrogen-bond acceptors (Lipinski definition) is 10. The second kappa shape index (κ2) is 17.5. The lowest BCUT2D eigenvalue weighted by molar-refractivity contribution is -0.122. The van der Waals surface area contributed by atoms with Gasteiger partial charge in [0, 0.05) is 75.6 Å². The fourth-order valence-corrected chi connectivity index (χ4v) is 6.49. The van der Waals surface area contributed by atoms with Gasteiger partial charge in [-0.1, -0.05) is 39.8 Å². The Balaban J connectivity index is 1.06. The molecule has 2 atom stereocenters. The molecule has 3 aromatic heterocycles. The monoisotopic (exact) mass is 803 g/mol. The summed E-state index contributed by atoms with van der Waals surface area (Å²) in [5.74, 6) is 9.74. The van der Waals surface area contributed by atoms with Crippen LogP contribution in [0.15, 0.2) is 72.8 Å². The van der Waals surface area contributed by atoms with E-state index in [1.54, 1.807) is 72.8 Å². The second-order valence-electron chi connectivity index (χ2n) is 15.3. The van der Waals surface area contributed by atoms with Crippen molar-refractivity contribution in [2.45, 2.75) is 52.6 Å². The molecule has 0 unspecified atom stereocenters. The van der Waals surface area contributed by atoms with Gasteiger partial charge in [0.15, 0.2) is 11.6 Å². The number of nitrogens with one attached hydrogen (secondary N) is 5. The van der Waals surface area contributed by atoms with Gasteiger partial charge in [0.25, 0.3) is 23.6 Å². The number of nitrogens with two attached hydrogens (primary N) is 4. The molecule has 0 aliphatic rings. The van der Waals surface area contributed by atoms with Crippen molar-refractivity contribution < 1.29 is 28.8 Å². The van der Waals surface area contributed by atoms with Crippen LogP contribution in [0.5, 0.6) is 0 Å². The summed E-state index contributed by atoms with van der Waals surface area (Å²) in [7, 11) is 0. The number of rotatable bonds is 16. The molecule has 0 fully saturated rings. The van der Waals surface area contributed by atoms with Crippen LogP contribution >= 0.6 is 0 Å². The number of Topliss-reactive ketones (excluding diaryl/α,β-unsaturated/α-hetero) is 2. The Morgan fingerprint density at radius 2 is 0.983 bits per heavy atom. The molecule has 17 heteroatoms. The van der Waals surface area contributed by atoms with Crippen molar-refractivity contribution in [1.29, 1.82) is 0 Å². The van der Waals surface area contributed by atoms with Gasteiger partial charge in [0.2, 0.25) is 0 Å². The van der Waals surface area contributed by atoms with E-state index in [9.17, 15) is 28.8 Å². The summed E-state index contributed by atoms with van der Waals surface area (Å²) in [6, 6.07) is 19.0. The summed E-state index contributed by atoms with van der Waals surface area (Å²) in [6.07, 6.45) is 0.0763. The Morgan fingerprint density at radius 3 is 1.46 bits per heavy atom. The largest absolute Gasteiger partial charge is 0.351 e. The molecule has 0 radical (unpaired) electrons. The van der Waals surface area contributed by atoms with Gasteiger partial charge in [0.05, 0.1) is 12.1 Å². The highest BCUT2D eigenvalue weighted by Gasteiger charge is 2.23. The van der Waals surface area contributed by atoms with Crippen LogP contribution in [0.1, 0.15) is 82.4 Å². The summed E-state index contributed by atoms with van der Waals surface area (Å²) >= 11 is 0. The predicted molar refractivity (Wildman–Crippen MR) is 226 cm³/mol. The van der Waals surface area contributed by atoms with Crippen molar-refractivity contribution in [1.82, 2.24) is 25.0 Å². The number of fused-ring (bicyclic) bond motifs is 3. The van der Waals surface area contributed by atoms with Gasteiger partial charge in [-0.2, -0.15) is 0 Å². The van der Waals surface area contributed by atoms with Gasteiger partial charge in [0.1, 0.15) is 17.1 Å². The molecule has 4 amide bonds. The van der Waals surface area contributed by atoms with Crippen molar-refractivity contribution in [2.75, 3.05) is 23.7 Å². The summed E-state index contributed by atoms with van der Waals surface area (Å²) in [4.78, 5) is 86.3. The molecule has 6 aromatic rings. The third kappa shape index (κ3) is 9.56. The van der Waals surface area contributed by atoms with Crippen molar-refractivity contribution in [3.8, 4) is 0 Å². The number of hydrogen-bond donors (Lipinski definition) is 9. The first-order valence-corrected chi connectivity index (χ1v) is 19.2. The summed E-state index contributed by atoms with van der Waals surface area (Å²) in [6.45, 7) is 7.43. The number of carbonyl (C=O) groups excluding carboxylic acids is 6. The molecule has 0 saturated carbocycles. The van der Waals surface area contributed by atoms with Gasteiger partial charge in [-0.05, 0) is 72.5 Å². The third-order valence-corrected chi connectivity index (χ3v) is 10.2. The molecule has 0 bridgehead atoms. The molecule has 59 heavy (non-hydrogen) atoms. The molecule has 13 N–H and O–H groups in total. The summed E-state index contributed by atoms with van der Waals surface area (Å²) in [5, 5.41) is 9.74. The molecule has 0 aliphatic heterocycles. The topological polar surface area (TPSA) is 284 Å². The van der Waals surface area contributed by atoms with E-state index in [4.69, 9.17) is 23.2 Å². The number of nitrogens with zero attached hydrogens (tertiary/aromatic N) is 2. The Morgan fingerprint density at radius 1 is 0.542 bits per heavy atom. The van der Waals surface area contributed by atoms with E-state index in [-0.39, 0.29) is 66.4 Å². The molecular weight excluding hydrogens is 755 g/mol. The molecule has 3 heterocycles. The number of aromatic amines is 3. The van der Waals surface area contributed by atoms with Crippen LogP contribution in [0.4, 0.5) is 11.4 Å². The molecule has 17 nitrogen and oxygen atoms in total. The fourth-order valence-electron chi connectivity index (χ4n) is 6.49. The predicted octanol–water partition coefficient (Wildman–Crippen LogP) is 4.15. The minimum absolute atomic E-state index is 0.0124. The molecular formula is C42H49N11O6. The van der Waals surface area contributed by atoms with Crippen molar-refractivity contribution in [2.24, 2.45) is 35.0 Å². The Bertz CT molecular complexity index is 2450. The van der Waals surface area contributed by atoms with Crippen LogP contribution in [0, 0.1) is 11.8 Å². The van der Waals surface area contributed by atoms with Gasteiger partial charge in [-0.3, -0.25) is 38.8 Å². The Kier molecular flexibility index (Phi) is 12.4. The number of anilines is 2. The summed E-state index contributed by atoms with van der Waals surface area (Å²) in [5.41, 5.74) is 15.6. The van der Waals surface area contributed by atoms with Crippen LogP contribution in [0.3, 0.4) is 0 Å². The van der Waals surface area contributed by atoms with E-state index in [0.717, 1.165) is 15.4 Å². The Labute approximate surface area is 339 Å². The van der Waals surface area contributed by atoms with E-state index in [2.05, 4.69) is 25.6 Å². The van der Waals surface area contributed by atoms with Crippen molar-refractivity contribution >= 4 is 79.3 Å². The zero-order chi connectivity index (χ0) is 42.7. The zero-order valence-corrected chi connectivity index (χ0v) is 33.2. The van der Waals surface area contributed by atoms with Gasteiger partial charge < -0.3 is 37.1 Å². The fraction of sp³-hybridized carbons (Fsp3) is 0.286. The first-order chi connectivity index (χ1) is 28.0. The quantitative estimate of drug-likeness (QED) is 0.0383. The number of hydrazine groups is 2. The minimum Gasteiger partial charge on any atom is -0.351 e. The maximum atomic E-state index is 13.3. The zero-order valence-electron chi connectivity index (χ0n) is 33.2. The lowest BCUT2D eigenvalue weighted by atomic mass is 9.99. The van der Waals surface area contributed by atoms with E-state index in [0.29, 0.717) is 44.3 Å².